The van der Waals surface area contributed by atoms with E-state index in [0.29, 0.717) is 0 Å². The van der Waals surface area contributed by atoms with E-state index in [-0.39, 0.29) is 0 Å². The zero-order valence-corrected chi connectivity index (χ0v) is 9.47. The van der Waals surface area contributed by atoms with Gasteiger partial charge in [0.25, 0.3) is 0 Å². The molecule has 0 amide bonds. The van der Waals surface area contributed by atoms with E-state index in [9.17, 15) is 0 Å². The second kappa shape index (κ2) is 4.96. The van der Waals surface area contributed by atoms with Crippen LogP contribution in [0.25, 0.3) is 0 Å². The fourth-order valence-electron chi connectivity index (χ4n) is 1.37. The van der Waals surface area contributed by atoms with Gasteiger partial charge in [-0.05, 0) is 26.0 Å². The molecule has 2 N–H and O–H groups in total. The van der Waals surface area contributed by atoms with Crippen molar-refractivity contribution >= 4 is 22.9 Å². The highest BCUT2D eigenvalue weighted by molar-refractivity contribution is 7.80. The third-order valence-corrected chi connectivity index (χ3v) is 2.72. The van der Waals surface area contributed by atoms with E-state index in [1.165, 1.54) is 0 Å². The van der Waals surface area contributed by atoms with Crippen molar-refractivity contribution in [2.45, 2.75) is 13.8 Å². The molecule has 76 valence electrons. The minimum atomic E-state index is 0.754. The van der Waals surface area contributed by atoms with Gasteiger partial charge in [0.05, 0.1) is 0 Å². The smallest absolute Gasteiger partial charge is 0.111 e. The minimum absolute atomic E-state index is 0.754. The predicted molar refractivity (Wildman–Crippen MR) is 65.5 cm³/mol. The third kappa shape index (κ3) is 2.23. The van der Waals surface area contributed by atoms with E-state index in [0.717, 1.165) is 29.3 Å². The van der Waals surface area contributed by atoms with Gasteiger partial charge in [-0.25, -0.2) is 0 Å². The minimum Gasteiger partial charge on any atom is -0.398 e. The lowest BCUT2D eigenvalue weighted by Crippen LogP contribution is -2.30. The summed E-state index contributed by atoms with van der Waals surface area (Å²) in [5, 5.41) is 0. The van der Waals surface area contributed by atoms with Crippen molar-refractivity contribution < 1.29 is 0 Å². The van der Waals surface area contributed by atoms with Crippen LogP contribution in [0.3, 0.4) is 0 Å². The van der Waals surface area contributed by atoms with E-state index in [4.69, 9.17) is 18.0 Å². The largest absolute Gasteiger partial charge is 0.398 e. The van der Waals surface area contributed by atoms with Gasteiger partial charge in [-0.15, -0.1) is 0 Å². The van der Waals surface area contributed by atoms with Crippen LogP contribution in [0.15, 0.2) is 24.3 Å². The number of hydrogen-bond donors (Lipinski definition) is 1. The molecule has 0 unspecified atom stereocenters. The van der Waals surface area contributed by atoms with Gasteiger partial charge >= 0.3 is 0 Å². The van der Waals surface area contributed by atoms with E-state index in [2.05, 4.69) is 18.7 Å². The van der Waals surface area contributed by atoms with Crippen LogP contribution in [-0.4, -0.2) is 23.0 Å². The highest BCUT2D eigenvalue weighted by Crippen LogP contribution is 2.14. The number of benzene rings is 1. The molecule has 0 spiro atoms. The molecule has 0 saturated carbocycles. The van der Waals surface area contributed by atoms with Gasteiger partial charge in [-0.1, -0.05) is 24.4 Å². The number of nitrogen functional groups attached to an aromatic ring is 1. The zero-order chi connectivity index (χ0) is 10.6. The summed E-state index contributed by atoms with van der Waals surface area (Å²) in [6, 6.07) is 7.73. The van der Waals surface area contributed by atoms with Crippen LogP contribution in [0.1, 0.15) is 19.4 Å². The molecule has 1 aromatic rings. The van der Waals surface area contributed by atoms with Gasteiger partial charge in [0.15, 0.2) is 0 Å². The van der Waals surface area contributed by atoms with Crippen molar-refractivity contribution in [3.8, 4) is 0 Å². The Balaban J connectivity index is 2.94. The van der Waals surface area contributed by atoms with Gasteiger partial charge in [0, 0.05) is 24.3 Å². The Kier molecular flexibility index (Phi) is 3.89. The maximum absolute atomic E-state index is 5.85. The van der Waals surface area contributed by atoms with Crippen LogP contribution in [-0.2, 0) is 0 Å². The first kappa shape index (κ1) is 11.0. The molecule has 1 rings (SSSR count). The zero-order valence-electron chi connectivity index (χ0n) is 8.66. The van der Waals surface area contributed by atoms with Crippen LogP contribution >= 0.6 is 12.2 Å². The van der Waals surface area contributed by atoms with E-state index in [1.807, 2.05) is 24.3 Å². The average Bonchev–Trinajstić information content (AvgIpc) is 2.20. The van der Waals surface area contributed by atoms with Gasteiger partial charge in [0.2, 0.25) is 0 Å². The molecule has 0 aromatic heterocycles. The molecule has 0 aliphatic heterocycles. The summed E-state index contributed by atoms with van der Waals surface area (Å²) < 4.78 is 0. The first-order valence-corrected chi connectivity index (χ1v) is 5.25. The second-order valence-electron chi connectivity index (χ2n) is 3.06. The Morgan fingerprint density at radius 3 is 2.36 bits per heavy atom. The SMILES string of the molecule is CCN(CC)C(=S)c1ccccc1N. The predicted octanol–water partition coefficient (Wildman–Crippen LogP) is 2.29. The maximum atomic E-state index is 5.85. The molecule has 0 atom stereocenters. The molecule has 0 aliphatic rings. The molecular formula is C11H16N2S. The first-order chi connectivity index (χ1) is 6.70. The number of nitrogens with zero attached hydrogens (tertiary/aromatic N) is 1. The Labute approximate surface area is 90.7 Å². The number of rotatable bonds is 3. The van der Waals surface area contributed by atoms with Crippen LogP contribution < -0.4 is 5.73 Å². The molecule has 3 heteroatoms. The van der Waals surface area contributed by atoms with E-state index < -0.39 is 0 Å². The number of thiocarbonyl (C=S) groups is 1. The van der Waals surface area contributed by atoms with Crippen molar-refractivity contribution in [2.75, 3.05) is 18.8 Å². The van der Waals surface area contributed by atoms with Crippen LogP contribution in [0.2, 0.25) is 0 Å². The quantitative estimate of drug-likeness (QED) is 0.610. The summed E-state index contributed by atoms with van der Waals surface area (Å²) in [5.41, 5.74) is 7.57. The fraction of sp³-hybridized carbons (Fsp3) is 0.364. The average molecular weight is 208 g/mol. The Bertz CT molecular complexity index is 319. The van der Waals surface area contributed by atoms with Gasteiger partial charge < -0.3 is 10.6 Å². The lowest BCUT2D eigenvalue weighted by Gasteiger charge is -2.22. The van der Waals surface area contributed by atoms with Gasteiger partial charge in [-0.3, -0.25) is 0 Å². The molecule has 14 heavy (non-hydrogen) atoms. The second-order valence-corrected chi connectivity index (χ2v) is 3.45. The topological polar surface area (TPSA) is 29.3 Å². The highest BCUT2D eigenvalue weighted by Gasteiger charge is 2.09. The van der Waals surface area contributed by atoms with Gasteiger partial charge in [-0.2, -0.15) is 0 Å². The fourth-order valence-corrected chi connectivity index (χ4v) is 1.82. The summed E-state index contributed by atoms with van der Waals surface area (Å²) in [4.78, 5) is 2.97. The van der Waals surface area contributed by atoms with Crippen LogP contribution in [0, 0.1) is 0 Å². The lowest BCUT2D eigenvalue weighted by molar-refractivity contribution is 0.475. The molecule has 1 aromatic carbocycles. The summed E-state index contributed by atoms with van der Waals surface area (Å²) >= 11 is 5.37. The Morgan fingerprint density at radius 2 is 1.86 bits per heavy atom. The maximum Gasteiger partial charge on any atom is 0.111 e. The number of hydrogen-bond acceptors (Lipinski definition) is 2. The van der Waals surface area contributed by atoms with Crippen molar-refractivity contribution in [3.05, 3.63) is 29.8 Å². The van der Waals surface area contributed by atoms with Crippen molar-refractivity contribution in [3.63, 3.8) is 0 Å². The van der Waals surface area contributed by atoms with Gasteiger partial charge in [0.1, 0.15) is 4.99 Å². The van der Waals surface area contributed by atoms with E-state index in [1.54, 1.807) is 0 Å². The monoisotopic (exact) mass is 208 g/mol. The first-order valence-electron chi connectivity index (χ1n) is 4.84. The molecular weight excluding hydrogens is 192 g/mol. The van der Waals surface area contributed by atoms with Crippen LogP contribution in [0.5, 0.6) is 0 Å². The molecule has 0 fully saturated rings. The third-order valence-electron chi connectivity index (χ3n) is 2.24. The van der Waals surface area contributed by atoms with Crippen LogP contribution in [0.4, 0.5) is 5.69 Å². The molecule has 0 radical (unpaired) electrons. The lowest BCUT2D eigenvalue weighted by atomic mass is 10.1. The standard InChI is InChI=1S/C11H16N2S/c1-3-13(4-2)11(14)9-7-5-6-8-10(9)12/h5-8H,3-4,12H2,1-2H3. The molecule has 0 heterocycles. The number of anilines is 1. The van der Waals surface area contributed by atoms with Crippen molar-refractivity contribution in [1.82, 2.24) is 4.90 Å². The molecule has 0 aliphatic carbocycles. The summed E-state index contributed by atoms with van der Waals surface area (Å²) in [5.74, 6) is 0. The summed E-state index contributed by atoms with van der Waals surface area (Å²) in [6.07, 6.45) is 0. The highest BCUT2D eigenvalue weighted by atomic mass is 32.1. The van der Waals surface area contributed by atoms with E-state index >= 15 is 0 Å². The summed E-state index contributed by atoms with van der Waals surface area (Å²) in [6.45, 7) is 6.02. The number of nitrogens with two attached hydrogens (primary N) is 1. The van der Waals surface area contributed by atoms with Crippen molar-refractivity contribution in [1.29, 1.82) is 0 Å². The Morgan fingerprint density at radius 1 is 1.29 bits per heavy atom. The summed E-state index contributed by atoms with van der Waals surface area (Å²) in [7, 11) is 0. The molecule has 0 saturated heterocycles. The normalized spacial score (nSPS) is 9.86. The molecule has 0 bridgehead atoms. The number of para-hydroxylation sites is 1. The Hall–Kier alpha value is -1.09. The molecule has 2 nitrogen and oxygen atoms in total. The van der Waals surface area contributed by atoms with Crippen molar-refractivity contribution in [2.24, 2.45) is 0 Å².